The standard InChI is InChI=1S/C36H50N6O9S/c1-9-22-21-36(22,32(45)40-52(47,48)41-18-10-11-19-41)39-30(43)26-14-15-28(50-27-16-17-37-25-20-23(49-8)12-13-24(25)27)42(26)31(44)29(34(2,3)4)38-33(46)51-35(5,6)7/h9,12-13,16-17,20,22,26,28-29H,1,10-11,14-15,18-19,21H2,2-8H3,(H,38,46)(H,39,43)(H,40,45)/t22?,26-,28+,29-,36?/m0/s1. The van der Waals surface area contributed by atoms with E-state index in [-0.39, 0.29) is 19.3 Å². The summed E-state index contributed by atoms with van der Waals surface area (Å²) in [5.41, 5.74) is -2.69. The molecule has 0 spiro atoms. The smallest absolute Gasteiger partial charge is 0.408 e. The maximum atomic E-state index is 14.7. The fourth-order valence-corrected chi connectivity index (χ4v) is 7.97. The Hall–Kier alpha value is -4.44. The predicted octanol–water partition coefficient (Wildman–Crippen LogP) is 3.40. The first kappa shape index (κ1) is 38.8. The molecule has 2 aromatic rings. The third-order valence-electron chi connectivity index (χ3n) is 9.51. The maximum absolute atomic E-state index is 14.7. The number of amides is 4. The van der Waals surface area contributed by atoms with Crippen molar-refractivity contribution in [1.29, 1.82) is 0 Å². The van der Waals surface area contributed by atoms with Crippen molar-refractivity contribution in [1.82, 2.24) is 29.5 Å². The van der Waals surface area contributed by atoms with E-state index >= 15 is 0 Å². The van der Waals surface area contributed by atoms with Crippen molar-refractivity contribution in [3.05, 3.63) is 43.1 Å². The van der Waals surface area contributed by atoms with Crippen LogP contribution >= 0.6 is 0 Å². The number of pyridine rings is 1. The highest BCUT2D eigenvalue weighted by atomic mass is 32.2. The molecule has 3 N–H and O–H groups in total. The molecule has 3 aliphatic rings. The number of carbonyl (C=O) groups is 4. The van der Waals surface area contributed by atoms with Crippen LogP contribution < -0.4 is 24.8 Å². The molecule has 3 fully saturated rings. The number of aromatic nitrogens is 1. The second-order valence-electron chi connectivity index (χ2n) is 15.6. The van der Waals surface area contributed by atoms with Crippen LogP contribution in [0.25, 0.3) is 10.9 Å². The molecule has 52 heavy (non-hydrogen) atoms. The van der Waals surface area contributed by atoms with Crippen LogP contribution in [-0.2, 0) is 29.3 Å². The topological polar surface area (TPSA) is 186 Å². The summed E-state index contributed by atoms with van der Waals surface area (Å²) in [7, 11) is -2.59. The van der Waals surface area contributed by atoms with Crippen LogP contribution in [0.15, 0.2) is 43.1 Å². The summed E-state index contributed by atoms with van der Waals surface area (Å²) in [5.74, 6) is -1.70. The minimum Gasteiger partial charge on any atom is -0.497 e. The molecule has 1 aliphatic carbocycles. The van der Waals surface area contributed by atoms with Crippen molar-refractivity contribution in [2.45, 2.75) is 103 Å². The summed E-state index contributed by atoms with van der Waals surface area (Å²) >= 11 is 0. The number of rotatable bonds is 11. The van der Waals surface area contributed by atoms with Gasteiger partial charge in [-0.25, -0.2) is 9.52 Å². The monoisotopic (exact) mass is 742 g/mol. The zero-order chi connectivity index (χ0) is 38.2. The van der Waals surface area contributed by atoms with Gasteiger partial charge in [-0.1, -0.05) is 26.8 Å². The number of methoxy groups -OCH3 is 1. The first-order valence-electron chi connectivity index (χ1n) is 17.5. The molecule has 1 aromatic heterocycles. The van der Waals surface area contributed by atoms with Crippen molar-refractivity contribution in [2.24, 2.45) is 11.3 Å². The highest BCUT2D eigenvalue weighted by molar-refractivity contribution is 7.87. The van der Waals surface area contributed by atoms with Gasteiger partial charge in [-0.3, -0.25) is 24.3 Å². The lowest BCUT2D eigenvalue weighted by molar-refractivity contribution is -0.149. The molecule has 0 bridgehead atoms. The van der Waals surface area contributed by atoms with Crippen molar-refractivity contribution in [2.75, 3.05) is 20.2 Å². The highest BCUT2D eigenvalue weighted by Crippen LogP contribution is 2.45. The van der Waals surface area contributed by atoms with Gasteiger partial charge in [0.05, 0.1) is 12.6 Å². The summed E-state index contributed by atoms with van der Waals surface area (Å²) in [6.45, 7) is 14.8. The highest BCUT2D eigenvalue weighted by Gasteiger charge is 2.62. The van der Waals surface area contributed by atoms with Crippen LogP contribution in [-0.4, -0.2) is 96.1 Å². The molecule has 4 amide bonds. The second-order valence-corrected chi connectivity index (χ2v) is 17.3. The molecule has 15 nitrogen and oxygen atoms in total. The number of likely N-dealkylation sites (tertiary alicyclic amines) is 1. The van der Waals surface area contributed by atoms with Crippen LogP contribution in [0.1, 0.15) is 73.6 Å². The number of hydrogen-bond donors (Lipinski definition) is 3. The van der Waals surface area contributed by atoms with Crippen LogP contribution in [0.3, 0.4) is 0 Å². The summed E-state index contributed by atoms with van der Waals surface area (Å²) in [6, 6.07) is 4.63. The van der Waals surface area contributed by atoms with Crippen molar-refractivity contribution in [3.63, 3.8) is 0 Å². The van der Waals surface area contributed by atoms with E-state index in [1.165, 1.54) is 15.3 Å². The summed E-state index contributed by atoms with van der Waals surface area (Å²) < 4.78 is 46.7. The lowest BCUT2D eigenvalue weighted by Crippen LogP contribution is -2.62. The summed E-state index contributed by atoms with van der Waals surface area (Å²) in [5, 5.41) is 6.15. The van der Waals surface area contributed by atoms with Crippen LogP contribution in [0.5, 0.6) is 11.5 Å². The lowest BCUT2D eigenvalue weighted by Gasteiger charge is -2.38. The molecule has 284 valence electrons. The Morgan fingerprint density at radius 2 is 1.75 bits per heavy atom. The van der Waals surface area contributed by atoms with E-state index in [2.05, 4.69) is 26.9 Å². The normalized spacial score (nSPS) is 24.1. The Kier molecular flexibility index (Phi) is 10.8. The van der Waals surface area contributed by atoms with Crippen LogP contribution in [0.2, 0.25) is 0 Å². The van der Waals surface area contributed by atoms with Gasteiger partial charge in [-0.2, -0.15) is 12.7 Å². The number of ether oxygens (including phenoxy) is 3. The zero-order valence-corrected chi connectivity index (χ0v) is 31.7. The minimum atomic E-state index is -4.13. The first-order chi connectivity index (χ1) is 24.3. The van der Waals surface area contributed by atoms with Crippen LogP contribution in [0, 0.1) is 11.3 Å². The largest absolute Gasteiger partial charge is 0.497 e. The number of fused-ring (bicyclic) bond motifs is 1. The van der Waals surface area contributed by atoms with Gasteiger partial charge in [-0.15, -0.1) is 6.58 Å². The van der Waals surface area contributed by atoms with Crippen molar-refractivity contribution in [3.8, 4) is 11.5 Å². The van der Waals surface area contributed by atoms with E-state index in [1.54, 1.807) is 79.1 Å². The van der Waals surface area contributed by atoms with Crippen molar-refractivity contribution >= 4 is 44.9 Å². The third kappa shape index (κ3) is 8.27. The fourth-order valence-electron chi connectivity index (χ4n) is 6.69. The maximum Gasteiger partial charge on any atom is 0.408 e. The summed E-state index contributed by atoms with van der Waals surface area (Å²) in [4.78, 5) is 61.4. The molecule has 16 heteroatoms. The SMILES string of the molecule is C=CC1CC1(NC(=O)[C@@H]1CC[C@@H](Oc2ccnc3cc(OC)ccc23)N1C(=O)[C@H](NC(=O)OC(C)(C)C)C(C)(C)C)C(=O)NS(=O)(=O)N1CCCC1. The fraction of sp³-hybridized carbons (Fsp3) is 0.583. The molecule has 5 rings (SSSR count). The van der Waals surface area contributed by atoms with E-state index in [0.29, 0.717) is 48.3 Å². The molecule has 2 saturated heterocycles. The van der Waals surface area contributed by atoms with E-state index < -0.39 is 74.8 Å². The minimum absolute atomic E-state index is 0.126. The predicted molar refractivity (Wildman–Crippen MR) is 192 cm³/mol. The third-order valence-corrected chi connectivity index (χ3v) is 11.0. The number of nitrogens with one attached hydrogen (secondary N) is 3. The van der Waals surface area contributed by atoms with Gasteiger partial charge in [0.2, 0.25) is 11.8 Å². The van der Waals surface area contributed by atoms with Gasteiger partial charge in [-0.05, 0) is 70.1 Å². The second kappa shape index (κ2) is 14.5. The number of carbonyl (C=O) groups excluding carboxylic acids is 4. The Morgan fingerprint density at radius 1 is 1.06 bits per heavy atom. The summed E-state index contributed by atoms with van der Waals surface area (Å²) in [6.07, 6.45) is 3.13. The van der Waals surface area contributed by atoms with E-state index in [9.17, 15) is 27.6 Å². The Bertz CT molecular complexity index is 1830. The van der Waals surface area contributed by atoms with Gasteiger partial charge in [0.25, 0.3) is 5.91 Å². The lowest BCUT2D eigenvalue weighted by atomic mass is 9.85. The van der Waals surface area contributed by atoms with Crippen LogP contribution in [0.4, 0.5) is 4.79 Å². The average molecular weight is 743 g/mol. The van der Waals surface area contributed by atoms with Gasteiger partial charge >= 0.3 is 16.3 Å². The average Bonchev–Trinajstić information content (AvgIpc) is 3.36. The Morgan fingerprint density at radius 3 is 2.35 bits per heavy atom. The zero-order valence-electron chi connectivity index (χ0n) is 30.9. The molecular formula is C36H50N6O9S. The number of hydrogen-bond acceptors (Lipinski definition) is 10. The quantitative estimate of drug-likeness (QED) is 0.288. The molecule has 3 heterocycles. The molecular weight excluding hydrogens is 692 g/mol. The number of nitrogens with zero attached hydrogens (tertiary/aromatic N) is 3. The van der Waals surface area contributed by atoms with E-state index in [0.717, 1.165) is 0 Å². The van der Waals surface area contributed by atoms with E-state index in [4.69, 9.17) is 14.2 Å². The van der Waals surface area contributed by atoms with Gasteiger partial charge < -0.3 is 24.8 Å². The van der Waals surface area contributed by atoms with Gasteiger partial charge in [0.1, 0.15) is 34.7 Å². The molecule has 0 radical (unpaired) electrons. The van der Waals surface area contributed by atoms with E-state index in [1.807, 2.05) is 0 Å². The van der Waals surface area contributed by atoms with Gasteiger partial charge in [0.15, 0.2) is 6.23 Å². The Balaban J connectivity index is 1.47. The van der Waals surface area contributed by atoms with Crippen molar-refractivity contribution < 1.29 is 41.8 Å². The first-order valence-corrected chi connectivity index (χ1v) is 18.9. The molecule has 5 atom stereocenters. The molecule has 1 saturated carbocycles. The molecule has 1 aromatic carbocycles. The molecule has 2 aliphatic heterocycles. The number of benzene rings is 1. The number of alkyl carbamates (subject to hydrolysis) is 1. The Labute approximate surface area is 305 Å². The van der Waals surface area contributed by atoms with Gasteiger partial charge in [0, 0.05) is 43.1 Å². The molecule has 2 unspecified atom stereocenters.